The van der Waals surface area contributed by atoms with E-state index in [4.69, 9.17) is 9.15 Å². The minimum absolute atomic E-state index is 0.206. The normalized spacial score (nSPS) is 15.9. The second kappa shape index (κ2) is 7.43. The Bertz CT molecular complexity index is 683. The molecular formula is C19H24O3S. The molecule has 1 fully saturated rings. The molecular weight excluding hydrogens is 308 g/mol. The van der Waals surface area contributed by atoms with Crippen molar-refractivity contribution in [2.24, 2.45) is 0 Å². The maximum Gasteiger partial charge on any atom is 0.313 e. The lowest BCUT2D eigenvalue weighted by atomic mass is 9.84. The average molecular weight is 332 g/mol. The molecule has 3 rings (SSSR count). The van der Waals surface area contributed by atoms with E-state index in [-0.39, 0.29) is 12.4 Å². The van der Waals surface area contributed by atoms with Crippen molar-refractivity contribution in [1.82, 2.24) is 0 Å². The summed E-state index contributed by atoms with van der Waals surface area (Å²) in [6.07, 6.45) is 8.84. The van der Waals surface area contributed by atoms with Crippen molar-refractivity contribution < 1.29 is 13.9 Å². The minimum Gasteiger partial charge on any atom is -0.466 e. The molecule has 1 aromatic carbocycles. The summed E-state index contributed by atoms with van der Waals surface area (Å²) in [5.74, 6) is 1.17. The Hall–Kier alpha value is -1.42. The van der Waals surface area contributed by atoms with Crippen molar-refractivity contribution in [2.75, 3.05) is 12.9 Å². The van der Waals surface area contributed by atoms with Gasteiger partial charge in [0.05, 0.1) is 11.5 Å². The topological polar surface area (TPSA) is 39.4 Å². The Labute approximate surface area is 141 Å². The third-order valence-corrected chi connectivity index (χ3v) is 5.48. The summed E-state index contributed by atoms with van der Waals surface area (Å²) >= 11 is 1.65. The van der Waals surface area contributed by atoms with Crippen LogP contribution in [-0.4, -0.2) is 18.8 Å². The molecule has 1 heterocycles. The predicted octanol–water partition coefficient (Wildman–Crippen LogP) is 5.31. The van der Waals surface area contributed by atoms with Crippen LogP contribution in [0.4, 0.5) is 0 Å². The van der Waals surface area contributed by atoms with E-state index >= 15 is 0 Å². The molecule has 0 aliphatic heterocycles. The number of fused-ring (bicyclic) bond motifs is 1. The van der Waals surface area contributed by atoms with E-state index in [1.165, 1.54) is 37.7 Å². The first-order chi connectivity index (χ1) is 11.2. The van der Waals surface area contributed by atoms with Crippen molar-refractivity contribution >= 4 is 28.7 Å². The van der Waals surface area contributed by atoms with E-state index in [1.54, 1.807) is 11.8 Å². The van der Waals surface area contributed by atoms with Gasteiger partial charge in [-0.3, -0.25) is 4.79 Å². The molecule has 0 radical (unpaired) electrons. The number of carbonyl (C=O) groups excluding carboxylic acids is 1. The summed E-state index contributed by atoms with van der Waals surface area (Å²) in [5.41, 5.74) is 2.28. The van der Waals surface area contributed by atoms with Crippen LogP contribution >= 0.6 is 11.8 Å². The number of hydrogen-bond donors (Lipinski definition) is 0. The molecule has 1 aliphatic carbocycles. The summed E-state index contributed by atoms with van der Waals surface area (Å²) in [4.78, 5) is 12.9. The fraction of sp³-hybridized carbons (Fsp3) is 0.526. The third kappa shape index (κ3) is 3.57. The van der Waals surface area contributed by atoms with Crippen LogP contribution in [0.1, 0.15) is 56.3 Å². The zero-order valence-electron chi connectivity index (χ0n) is 13.9. The number of carbonyl (C=O) groups is 1. The number of benzene rings is 1. The Morgan fingerprint density at radius 2 is 2.09 bits per heavy atom. The number of furan rings is 1. The van der Waals surface area contributed by atoms with Crippen LogP contribution in [0, 0.1) is 0 Å². The standard InChI is InChI=1S/C19H24O3S/c1-3-21-18(20)12-17-19(23-2)15-11-14(9-10-16(15)22-17)13-7-5-4-6-8-13/h9-11,13H,3-8,12H2,1-2H3. The summed E-state index contributed by atoms with van der Waals surface area (Å²) in [6.45, 7) is 2.22. The first-order valence-corrected chi connectivity index (χ1v) is 9.70. The second-order valence-corrected chi connectivity index (χ2v) is 6.95. The van der Waals surface area contributed by atoms with Gasteiger partial charge in [0, 0.05) is 5.39 Å². The first-order valence-electron chi connectivity index (χ1n) is 8.47. The molecule has 124 valence electrons. The zero-order valence-corrected chi connectivity index (χ0v) is 14.7. The third-order valence-electron chi connectivity index (χ3n) is 4.63. The van der Waals surface area contributed by atoms with Crippen LogP contribution in [0.15, 0.2) is 27.5 Å². The van der Waals surface area contributed by atoms with Crippen LogP contribution in [0.2, 0.25) is 0 Å². The van der Waals surface area contributed by atoms with E-state index in [0.29, 0.717) is 12.5 Å². The molecule has 2 aromatic rings. The number of thioether (sulfide) groups is 1. The Balaban J connectivity index is 1.92. The van der Waals surface area contributed by atoms with Crippen LogP contribution in [-0.2, 0) is 16.0 Å². The van der Waals surface area contributed by atoms with Crippen LogP contribution < -0.4 is 0 Å². The minimum atomic E-state index is -0.227. The highest BCUT2D eigenvalue weighted by Gasteiger charge is 2.20. The van der Waals surface area contributed by atoms with E-state index in [2.05, 4.69) is 18.2 Å². The second-order valence-electron chi connectivity index (χ2n) is 6.13. The van der Waals surface area contributed by atoms with Gasteiger partial charge in [0.25, 0.3) is 0 Å². The van der Waals surface area contributed by atoms with Gasteiger partial charge in [-0.15, -0.1) is 11.8 Å². The molecule has 0 atom stereocenters. The van der Waals surface area contributed by atoms with Gasteiger partial charge in [-0.1, -0.05) is 25.3 Å². The first kappa shape index (κ1) is 16.4. The van der Waals surface area contributed by atoms with Gasteiger partial charge in [0.1, 0.15) is 17.8 Å². The highest BCUT2D eigenvalue weighted by molar-refractivity contribution is 7.98. The van der Waals surface area contributed by atoms with Crippen molar-refractivity contribution in [3.8, 4) is 0 Å². The van der Waals surface area contributed by atoms with Crippen molar-refractivity contribution in [3.63, 3.8) is 0 Å². The largest absolute Gasteiger partial charge is 0.466 e. The van der Waals surface area contributed by atoms with Gasteiger partial charge in [-0.25, -0.2) is 0 Å². The van der Waals surface area contributed by atoms with Gasteiger partial charge < -0.3 is 9.15 Å². The lowest BCUT2D eigenvalue weighted by Gasteiger charge is -2.21. The molecule has 1 saturated carbocycles. The Morgan fingerprint density at radius 3 is 2.78 bits per heavy atom. The summed E-state index contributed by atoms with van der Waals surface area (Å²) in [7, 11) is 0. The monoisotopic (exact) mass is 332 g/mol. The maximum atomic E-state index is 11.8. The highest BCUT2D eigenvalue weighted by atomic mass is 32.2. The SMILES string of the molecule is CCOC(=O)Cc1oc2ccc(C3CCCCC3)cc2c1SC. The fourth-order valence-electron chi connectivity index (χ4n) is 3.52. The molecule has 0 unspecified atom stereocenters. The Morgan fingerprint density at radius 1 is 1.30 bits per heavy atom. The molecule has 0 amide bonds. The average Bonchev–Trinajstić information content (AvgIpc) is 2.91. The molecule has 0 spiro atoms. The highest BCUT2D eigenvalue weighted by Crippen LogP contribution is 2.38. The quantitative estimate of drug-likeness (QED) is 0.549. The maximum absolute atomic E-state index is 11.8. The van der Waals surface area contributed by atoms with Crippen molar-refractivity contribution in [2.45, 2.75) is 56.3 Å². The number of ether oxygens (including phenoxy) is 1. The van der Waals surface area contributed by atoms with Crippen molar-refractivity contribution in [1.29, 1.82) is 0 Å². The van der Waals surface area contributed by atoms with Gasteiger partial charge in [-0.2, -0.15) is 0 Å². The van der Waals surface area contributed by atoms with E-state index in [9.17, 15) is 4.79 Å². The van der Waals surface area contributed by atoms with Gasteiger partial charge >= 0.3 is 5.97 Å². The molecule has 3 nitrogen and oxygen atoms in total. The van der Waals surface area contributed by atoms with Gasteiger partial charge in [-0.05, 0) is 49.6 Å². The van der Waals surface area contributed by atoms with Crippen LogP contribution in [0.3, 0.4) is 0 Å². The van der Waals surface area contributed by atoms with E-state index in [0.717, 1.165) is 21.6 Å². The number of hydrogen-bond acceptors (Lipinski definition) is 4. The summed E-state index contributed by atoms with van der Waals surface area (Å²) in [6, 6.07) is 6.53. The molecule has 0 bridgehead atoms. The summed E-state index contributed by atoms with van der Waals surface area (Å²) < 4.78 is 11.0. The molecule has 0 N–H and O–H groups in total. The lowest BCUT2D eigenvalue weighted by Crippen LogP contribution is -2.07. The molecule has 23 heavy (non-hydrogen) atoms. The zero-order chi connectivity index (χ0) is 16.2. The predicted molar refractivity (Wildman–Crippen MR) is 94.2 cm³/mol. The molecule has 1 aliphatic rings. The van der Waals surface area contributed by atoms with E-state index < -0.39 is 0 Å². The van der Waals surface area contributed by atoms with Crippen LogP contribution in [0.5, 0.6) is 0 Å². The lowest BCUT2D eigenvalue weighted by molar-refractivity contribution is -0.142. The number of esters is 1. The number of rotatable bonds is 5. The van der Waals surface area contributed by atoms with Gasteiger partial charge in [0.15, 0.2) is 0 Å². The fourth-order valence-corrected chi connectivity index (χ4v) is 4.24. The van der Waals surface area contributed by atoms with Crippen LogP contribution in [0.25, 0.3) is 11.0 Å². The smallest absolute Gasteiger partial charge is 0.313 e. The Kier molecular flexibility index (Phi) is 5.31. The van der Waals surface area contributed by atoms with Crippen molar-refractivity contribution in [3.05, 3.63) is 29.5 Å². The summed E-state index contributed by atoms with van der Waals surface area (Å²) in [5, 5.41) is 1.14. The molecule has 0 saturated heterocycles. The molecule has 1 aromatic heterocycles. The van der Waals surface area contributed by atoms with Gasteiger partial charge in [0.2, 0.25) is 0 Å². The van der Waals surface area contributed by atoms with E-state index in [1.807, 2.05) is 13.2 Å². The molecule has 4 heteroatoms.